The van der Waals surface area contributed by atoms with Crippen LogP contribution in [0.1, 0.15) is 75.3 Å². The van der Waals surface area contributed by atoms with Crippen LogP contribution in [0, 0.1) is 35.4 Å². The zero-order valence-corrected chi connectivity index (χ0v) is 35.1. The van der Waals surface area contributed by atoms with Gasteiger partial charge in [-0.05, 0) is 60.3 Å². The summed E-state index contributed by atoms with van der Waals surface area (Å²) in [6, 6.07) is 45.5. The molecule has 57 heavy (non-hydrogen) atoms. The van der Waals surface area contributed by atoms with Crippen LogP contribution in [-0.2, 0) is 34.8 Å². The van der Waals surface area contributed by atoms with Gasteiger partial charge in [-0.3, -0.25) is 0 Å². The van der Waals surface area contributed by atoms with Gasteiger partial charge < -0.3 is 9.80 Å². The fourth-order valence-electron chi connectivity index (χ4n) is 7.18. The standard InChI is InChI=1S/2C19H19ClF2N.2C5H5.Ti/c2*20-17-9-5-4-6-14(17)13-23(16-7-2-1-3-8-16)19-11-10-15(21)12-18(19)22;2*1-2-4-5-3-1;/h2*4-6,9-11,16H,1-3,7-8,13H2;2*1-5H;/q4*-1;+4. The van der Waals surface area contributed by atoms with Crippen LogP contribution < -0.4 is 9.80 Å². The molecule has 2 saturated carbocycles. The van der Waals surface area contributed by atoms with Crippen molar-refractivity contribution < 1.29 is 39.3 Å². The Balaban J connectivity index is 0.000000200. The van der Waals surface area contributed by atoms with Crippen molar-refractivity contribution in [3.8, 4) is 0 Å². The van der Waals surface area contributed by atoms with Crippen molar-refractivity contribution in [1.29, 1.82) is 0 Å². The van der Waals surface area contributed by atoms with E-state index in [-0.39, 0.29) is 33.8 Å². The summed E-state index contributed by atoms with van der Waals surface area (Å²) in [6.45, 7) is 1.03. The molecule has 9 heteroatoms. The van der Waals surface area contributed by atoms with Gasteiger partial charge in [0, 0.05) is 58.5 Å². The van der Waals surface area contributed by atoms with Crippen LogP contribution in [0.25, 0.3) is 0 Å². The first-order valence-corrected chi connectivity index (χ1v) is 20.1. The van der Waals surface area contributed by atoms with Crippen molar-refractivity contribution in [3.63, 3.8) is 0 Å². The summed E-state index contributed by atoms with van der Waals surface area (Å²) in [5.41, 5.74) is 2.70. The third-order valence-corrected chi connectivity index (χ3v) is 10.8. The van der Waals surface area contributed by atoms with Crippen molar-refractivity contribution in [2.45, 2.75) is 89.4 Å². The molecule has 6 aromatic rings. The molecule has 0 radical (unpaired) electrons. The fourth-order valence-corrected chi connectivity index (χ4v) is 7.58. The maximum Gasteiger partial charge on any atom is 4.00 e. The minimum absolute atomic E-state index is 0. The Kier molecular flexibility index (Phi) is 20.0. The van der Waals surface area contributed by atoms with Crippen molar-refractivity contribution in [3.05, 3.63) is 190 Å². The van der Waals surface area contributed by atoms with Gasteiger partial charge in [0.1, 0.15) is 0 Å². The molecule has 0 unspecified atom stereocenters. The van der Waals surface area contributed by atoms with E-state index in [0.717, 1.165) is 62.5 Å². The van der Waals surface area contributed by atoms with E-state index < -0.39 is 23.3 Å². The number of rotatable bonds is 8. The average Bonchev–Trinajstić information content (AvgIpc) is 4.00. The van der Waals surface area contributed by atoms with Crippen molar-refractivity contribution >= 4 is 34.6 Å². The Labute approximate surface area is 361 Å². The maximum absolute atomic E-state index is 14.3. The van der Waals surface area contributed by atoms with Gasteiger partial charge in [0.05, 0.1) is 0 Å². The molecule has 0 aromatic heterocycles. The molecule has 0 heterocycles. The summed E-state index contributed by atoms with van der Waals surface area (Å²) < 4.78 is 55.0. The predicted molar refractivity (Wildman–Crippen MR) is 223 cm³/mol. The van der Waals surface area contributed by atoms with Gasteiger partial charge in [-0.15, -0.1) is 36.4 Å². The predicted octanol–water partition coefficient (Wildman–Crippen LogP) is 14.3. The summed E-state index contributed by atoms with van der Waals surface area (Å²) in [7, 11) is 0. The van der Waals surface area contributed by atoms with Crippen LogP contribution in [-0.4, -0.2) is 12.1 Å². The average molecular weight is 848 g/mol. The van der Waals surface area contributed by atoms with Crippen LogP contribution >= 0.6 is 23.2 Å². The SMILES string of the molecule is Fc1[c-]c(F)c(N(Cc2ccccc2Cl)C2CCCCC2)cc1.Fc1[c-]c(F)c(N(Cc2ccccc2Cl)C2CCCCC2)cc1.[Ti+4].c1cc[cH-]c1.c1cc[cH-]c1. The molecular weight excluding hydrogens is 799 g/mol. The van der Waals surface area contributed by atoms with Crippen LogP contribution in [0.5, 0.6) is 0 Å². The molecule has 2 nitrogen and oxygen atoms in total. The number of hydrogen-bond acceptors (Lipinski definition) is 2. The zero-order chi connectivity index (χ0) is 39.5. The Morgan fingerprint density at radius 1 is 0.491 bits per heavy atom. The van der Waals surface area contributed by atoms with Crippen LogP contribution in [0.2, 0.25) is 10.0 Å². The number of benzene rings is 4. The van der Waals surface area contributed by atoms with E-state index in [9.17, 15) is 17.6 Å². The third-order valence-electron chi connectivity index (χ3n) is 10.0. The quantitative estimate of drug-likeness (QED) is 0.0855. The molecule has 2 aliphatic carbocycles. The van der Waals surface area contributed by atoms with E-state index in [2.05, 4.69) is 12.1 Å². The molecule has 0 amide bonds. The molecule has 0 aliphatic heterocycles. The van der Waals surface area contributed by atoms with Gasteiger partial charge >= 0.3 is 21.7 Å². The number of hydrogen-bond donors (Lipinski definition) is 0. The van der Waals surface area contributed by atoms with Gasteiger partial charge in [-0.2, -0.15) is 36.4 Å². The summed E-state index contributed by atoms with van der Waals surface area (Å²) in [5.74, 6) is -2.62. The molecule has 2 fully saturated rings. The minimum atomic E-state index is -0.674. The second-order valence-corrected chi connectivity index (χ2v) is 14.8. The smallest absolute Gasteiger partial charge is 0.414 e. The van der Waals surface area contributed by atoms with Gasteiger partial charge in [-0.25, -0.2) is 41.8 Å². The fraction of sp³-hybridized carbons (Fsp3) is 0.292. The zero-order valence-electron chi connectivity index (χ0n) is 32.0. The van der Waals surface area contributed by atoms with Gasteiger partial charge in [0.25, 0.3) is 0 Å². The molecule has 0 bridgehead atoms. The summed E-state index contributed by atoms with van der Waals surface area (Å²) in [5, 5.41) is 1.33. The molecular formula is C48H48Cl2F4N2Ti. The second-order valence-electron chi connectivity index (χ2n) is 14.0. The summed E-state index contributed by atoms with van der Waals surface area (Å²) in [6.07, 6.45) is 11.0. The van der Waals surface area contributed by atoms with Crippen LogP contribution in [0.15, 0.2) is 133 Å². The molecule has 0 N–H and O–H groups in total. The Morgan fingerprint density at radius 3 is 1.14 bits per heavy atom. The Bertz CT molecular complexity index is 1800. The van der Waals surface area contributed by atoms with E-state index in [0.29, 0.717) is 34.5 Å². The Hall–Kier alpha value is -3.81. The summed E-state index contributed by atoms with van der Waals surface area (Å²) >= 11 is 12.5. The van der Waals surface area contributed by atoms with E-state index in [1.807, 2.05) is 119 Å². The van der Waals surface area contributed by atoms with E-state index in [1.54, 1.807) is 0 Å². The first-order valence-electron chi connectivity index (χ1n) is 19.4. The number of anilines is 2. The third kappa shape index (κ3) is 14.8. The molecule has 8 rings (SSSR count). The first-order chi connectivity index (χ1) is 27.3. The van der Waals surface area contributed by atoms with E-state index in [4.69, 9.17) is 23.2 Å². The van der Waals surface area contributed by atoms with E-state index in [1.165, 1.54) is 37.1 Å². The van der Waals surface area contributed by atoms with Gasteiger partial charge in [0.15, 0.2) is 0 Å². The normalized spacial score (nSPS) is 14.0. The van der Waals surface area contributed by atoms with Crippen molar-refractivity contribution in [2.24, 2.45) is 0 Å². The first kappa shape index (κ1) is 45.9. The summed E-state index contributed by atoms with van der Waals surface area (Å²) in [4.78, 5) is 4.04. The molecule has 6 aromatic carbocycles. The topological polar surface area (TPSA) is 6.48 Å². The second kappa shape index (κ2) is 24.8. The molecule has 296 valence electrons. The molecule has 0 saturated heterocycles. The molecule has 0 atom stereocenters. The largest absolute Gasteiger partial charge is 4.00 e. The van der Waals surface area contributed by atoms with Crippen LogP contribution in [0.4, 0.5) is 28.9 Å². The van der Waals surface area contributed by atoms with E-state index >= 15 is 0 Å². The van der Waals surface area contributed by atoms with Gasteiger partial charge in [0.2, 0.25) is 0 Å². The number of nitrogens with zero attached hydrogens (tertiary/aromatic N) is 2. The van der Waals surface area contributed by atoms with Crippen molar-refractivity contribution in [1.82, 2.24) is 0 Å². The number of halogens is 6. The maximum atomic E-state index is 14.3. The van der Waals surface area contributed by atoms with Crippen molar-refractivity contribution in [2.75, 3.05) is 9.80 Å². The molecule has 2 aliphatic rings. The molecule has 0 spiro atoms. The van der Waals surface area contributed by atoms with Gasteiger partial charge in [-0.1, -0.05) is 98.1 Å². The van der Waals surface area contributed by atoms with Crippen LogP contribution in [0.3, 0.4) is 0 Å². The Morgan fingerprint density at radius 2 is 0.842 bits per heavy atom. The minimum Gasteiger partial charge on any atom is -0.414 e. The monoisotopic (exact) mass is 846 g/mol.